The van der Waals surface area contributed by atoms with E-state index in [1.165, 1.54) is 20.8 Å². The number of nitrogens with zero attached hydrogens (tertiary/aromatic N) is 4. The molecule has 1 saturated heterocycles. The smallest absolute Gasteiger partial charge is 0.393 e. The highest BCUT2D eigenvalue weighted by molar-refractivity contribution is 8.13. The molecule has 1 aliphatic rings. The number of amides is 2. The monoisotopic (exact) mass is 853 g/mol. The number of nitrogens with one attached hydrogen (secondary N) is 2. The lowest BCUT2D eigenvalue weighted by Gasteiger charge is -2.30. The van der Waals surface area contributed by atoms with Crippen molar-refractivity contribution < 1.29 is 85.6 Å². The van der Waals surface area contributed by atoms with Crippen molar-refractivity contribution in [1.82, 2.24) is 30.2 Å². The summed E-state index contributed by atoms with van der Waals surface area (Å²) < 4.78 is 61.9. The van der Waals surface area contributed by atoms with Gasteiger partial charge in [0.1, 0.15) is 36.3 Å². The van der Waals surface area contributed by atoms with Gasteiger partial charge >= 0.3 is 23.5 Å². The Balaban J connectivity index is 1.51. The molecule has 2 aromatic heterocycles. The first-order chi connectivity index (χ1) is 24.9. The summed E-state index contributed by atoms with van der Waals surface area (Å²) in [7, 11) is -16.4. The molecule has 2 amide bonds. The fraction of sp³-hybridized carbons (Fsp3) is 0.680. The molecule has 29 heteroatoms. The predicted molar refractivity (Wildman–Crippen MR) is 183 cm³/mol. The molecule has 0 bridgehead atoms. The van der Waals surface area contributed by atoms with Gasteiger partial charge in [-0.05, 0) is 6.92 Å². The summed E-state index contributed by atoms with van der Waals surface area (Å²) in [5.41, 5.74) is 4.23. The summed E-state index contributed by atoms with van der Waals surface area (Å²) in [6.45, 7) is 1.83. The van der Waals surface area contributed by atoms with Crippen molar-refractivity contribution in [1.29, 1.82) is 0 Å². The number of hydrogen-bond donors (Lipinski definition) is 10. The first-order valence-electron chi connectivity index (χ1n) is 15.6. The molecular weight excluding hydrogens is 811 g/mol. The number of thioether (sulfide) groups is 1. The van der Waals surface area contributed by atoms with Crippen LogP contribution >= 0.6 is 35.2 Å². The van der Waals surface area contributed by atoms with Crippen LogP contribution in [-0.4, -0.2) is 134 Å². The third-order valence-electron chi connectivity index (χ3n) is 7.23. The molecule has 25 nitrogen and oxygen atoms in total. The molecule has 1 fully saturated rings. The van der Waals surface area contributed by atoms with Crippen molar-refractivity contribution in [2.24, 2.45) is 5.41 Å². The molecule has 0 spiro atoms. The highest BCUT2D eigenvalue weighted by atomic mass is 32.2. The van der Waals surface area contributed by atoms with Crippen LogP contribution in [0.5, 0.6) is 0 Å². The molecular formula is C25H42N7O18P3S. The van der Waals surface area contributed by atoms with Crippen LogP contribution in [0.3, 0.4) is 0 Å². The minimum Gasteiger partial charge on any atom is -0.393 e. The second kappa shape index (κ2) is 19.1. The van der Waals surface area contributed by atoms with Crippen LogP contribution in [0.2, 0.25) is 0 Å². The van der Waals surface area contributed by atoms with Crippen molar-refractivity contribution in [3.63, 3.8) is 0 Å². The van der Waals surface area contributed by atoms with E-state index in [0.717, 1.165) is 29.0 Å². The van der Waals surface area contributed by atoms with Gasteiger partial charge in [0.05, 0.1) is 25.6 Å². The number of carbonyl (C=O) groups is 3. The fourth-order valence-corrected chi connectivity index (χ4v) is 8.22. The van der Waals surface area contributed by atoms with Gasteiger partial charge in [-0.25, -0.2) is 28.6 Å². The highest BCUT2D eigenvalue weighted by Gasteiger charge is 2.50. The van der Waals surface area contributed by atoms with E-state index in [-0.39, 0.29) is 53.8 Å². The van der Waals surface area contributed by atoms with Crippen molar-refractivity contribution >= 4 is 69.1 Å². The fourth-order valence-electron chi connectivity index (χ4n) is 4.60. The van der Waals surface area contributed by atoms with E-state index < -0.39 is 90.7 Å². The van der Waals surface area contributed by atoms with E-state index >= 15 is 0 Å². The van der Waals surface area contributed by atoms with Gasteiger partial charge in [0.2, 0.25) is 11.8 Å². The number of phosphoric acid groups is 3. The topological polar surface area (TPSA) is 384 Å². The Morgan fingerprint density at radius 2 is 1.72 bits per heavy atom. The lowest BCUT2D eigenvalue weighted by Crippen LogP contribution is -2.46. The van der Waals surface area contributed by atoms with Crippen molar-refractivity contribution in [2.75, 3.05) is 37.8 Å². The van der Waals surface area contributed by atoms with Crippen LogP contribution in [0.1, 0.15) is 39.8 Å². The standard InChI is InChI=1S/C25H42N7O18P3S/c1-13(33)8-16(35)54-7-6-27-15(34)4-5-28-23(38)20(37)25(2,3)10-47-53(44,45)50-52(42,43)46-9-14-19(49-51(39,40)41)18(36)24(48-14)32-12-31-17-21(26)29-11-30-22(17)32/h11-14,18-20,24,33,36-37H,4-10H2,1-3H3,(H,27,34)(H,28,38)(H,42,43)(H,44,45)(H2,26,29,30)(H2,39,40,41)/t13-,14+,18-,19+,20?,24-/m1/s1. The van der Waals surface area contributed by atoms with Crippen LogP contribution in [0, 0.1) is 5.41 Å². The van der Waals surface area contributed by atoms with E-state index in [2.05, 4.69) is 34.4 Å². The molecule has 0 saturated carbocycles. The number of nitrogen functional groups attached to an aromatic ring is 1. The molecule has 11 N–H and O–H groups in total. The van der Waals surface area contributed by atoms with Gasteiger partial charge in [-0.3, -0.25) is 32.5 Å². The third kappa shape index (κ3) is 13.9. The molecule has 2 aromatic rings. The van der Waals surface area contributed by atoms with Crippen LogP contribution in [0.25, 0.3) is 11.2 Å². The van der Waals surface area contributed by atoms with Gasteiger partial charge in [0.15, 0.2) is 22.8 Å². The Morgan fingerprint density at radius 3 is 2.37 bits per heavy atom. The zero-order valence-electron chi connectivity index (χ0n) is 28.8. The predicted octanol–water partition coefficient (Wildman–Crippen LogP) is -1.56. The van der Waals surface area contributed by atoms with Gasteiger partial charge in [-0.15, -0.1) is 0 Å². The Bertz CT molecular complexity index is 1780. The van der Waals surface area contributed by atoms with Crippen LogP contribution in [-0.2, 0) is 50.7 Å². The van der Waals surface area contributed by atoms with Crippen molar-refractivity contribution in [3.05, 3.63) is 12.7 Å². The number of rotatable bonds is 21. The molecule has 0 aromatic carbocycles. The maximum absolute atomic E-state index is 12.6. The molecule has 54 heavy (non-hydrogen) atoms. The second-order valence-corrected chi connectivity index (χ2v) is 17.7. The molecule has 3 unspecified atom stereocenters. The highest BCUT2D eigenvalue weighted by Crippen LogP contribution is 2.61. The van der Waals surface area contributed by atoms with Crippen LogP contribution in [0.15, 0.2) is 12.7 Å². The number of phosphoric ester groups is 3. The first-order valence-corrected chi connectivity index (χ1v) is 21.1. The number of anilines is 1. The van der Waals surface area contributed by atoms with Gasteiger partial charge in [0, 0.05) is 37.1 Å². The SMILES string of the molecule is C[C@@H](O)CC(=O)SCCNC(=O)CCNC(=O)C(O)C(C)(C)COP(=O)(O)OP(=O)(O)OC[C@@H]1O[C@@H](n2cnc3c(N)ncnc32)[C@H](O)[C@H]1OP(=O)(O)O. The molecule has 3 heterocycles. The molecule has 0 radical (unpaired) electrons. The average molecular weight is 854 g/mol. The molecule has 306 valence electrons. The summed E-state index contributed by atoms with van der Waals surface area (Å²) in [6, 6.07) is 0. The van der Waals surface area contributed by atoms with Gasteiger partial charge < -0.3 is 56.0 Å². The van der Waals surface area contributed by atoms with E-state index in [1.807, 2.05) is 0 Å². The van der Waals surface area contributed by atoms with Crippen molar-refractivity contribution in [2.45, 2.75) is 70.4 Å². The largest absolute Gasteiger partial charge is 0.481 e. The molecule has 3 rings (SSSR count). The molecule has 1 aliphatic heterocycles. The Labute approximate surface area is 310 Å². The first kappa shape index (κ1) is 45.9. The third-order valence-corrected chi connectivity index (χ3v) is 11.2. The second-order valence-electron chi connectivity index (χ2n) is 12.3. The number of hydrogen-bond acceptors (Lipinski definition) is 19. The Kier molecular flexibility index (Phi) is 16.2. The number of carbonyl (C=O) groups excluding carboxylic acids is 3. The summed E-state index contributed by atoms with van der Waals surface area (Å²) in [5.74, 6) is -1.25. The molecule has 0 aliphatic carbocycles. The quantitative estimate of drug-likeness (QED) is 0.0501. The maximum atomic E-state index is 12.6. The van der Waals surface area contributed by atoms with Gasteiger partial charge in [0.25, 0.3) is 0 Å². The average Bonchev–Trinajstić information content (AvgIpc) is 3.60. The molecule has 8 atom stereocenters. The number of ether oxygens (including phenoxy) is 1. The minimum absolute atomic E-state index is 0.0259. The number of aromatic nitrogens is 4. The van der Waals surface area contributed by atoms with E-state index in [4.69, 9.17) is 19.5 Å². The zero-order valence-corrected chi connectivity index (χ0v) is 32.3. The number of aliphatic hydroxyl groups excluding tert-OH is 3. The van der Waals surface area contributed by atoms with E-state index in [9.17, 15) is 63.0 Å². The Morgan fingerprint density at radius 1 is 1.06 bits per heavy atom. The van der Waals surface area contributed by atoms with Crippen molar-refractivity contribution in [3.8, 4) is 0 Å². The number of fused-ring (bicyclic) bond motifs is 1. The summed E-state index contributed by atoms with van der Waals surface area (Å²) >= 11 is 0.939. The lowest BCUT2D eigenvalue weighted by molar-refractivity contribution is -0.137. The Hall–Kier alpha value is -2.48. The normalized spacial score (nSPS) is 22.6. The summed E-state index contributed by atoms with van der Waals surface area (Å²) in [5, 5.41) is 35.2. The van der Waals surface area contributed by atoms with Crippen LogP contribution < -0.4 is 16.4 Å². The number of aliphatic hydroxyl groups is 3. The zero-order chi connectivity index (χ0) is 40.6. The van der Waals surface area contributed by atoms with E-state index in [1.54, 1.807) is 0 Å². The minimum atomic E-state index is -5.57. The van der Waals surface area contributed by atoms with Gasteiger partial charge in [-0.2, -0.15) is 4.31 Å². The number of nitrogens with two attached hydrogens (primary N) is 1. The summed E-state index contributed by atoms with van der Waals surface area (Å²) in [4.78, 5) is 86.9. The maximum Gasteiger partial charge on any atom is 0.481 e. The van der Waals surface area contributed by atoms with Gasteiger partial charge in [-0.1, -0.05) is 25.6 Å². The summed E-state index contributed by atoms with van der Waals surface area (Å²) in [6.07, 6.45) is -7.79. The lowest BCUT2D eigenvalue weighted by atomic mass is 9.87. The van der Waals surface area contributed by atoms with Crippen LogP contribution in [0.4, 0.5) is 5.82 Å². The van der Waals surface area contributed by atoms with E-state index in [0.29, 0.717) is 0 Å². The number of imidazole rings is 1.